The van der Waals surface area contributed by atoms with E-state index in [2.05, 4.69) is 40.7 Å². The SMILES string of the molecule is CCNC(=NCCCOCC1CCOCC1)NC1CCCN(c2cccc(OC)c2)C1. The molecule has 2 saturated heterocycles. The van der Waals surface area contributed by atoms with Crippen LogP contribution in [0.3, 0.4) is 0 Å². The van der Waals surface area contributed by atoms with Gasteiger partial charge in [-0.1, -0.05) is 6.07 Å². The van der Waals surface area contributed by atoms with Crippen LogP contribution in [0, 0.1) is 5.92 Å². The molecule has 2 aliphatic heterocycles. The molecule has 0 radical (unpaired) electrons. The summed E-state index contributed by atoms with van der Waals surface area (Å²) < 4.78 is 16.7. The minimum Gasteiger partial charge on any atom is -0.497 e. The predicted molar refractivity (Wildman–Crippen MR) is 126 cm³/mol. The maximum Gasteiger partial charge on any atom is 0.191 e. The van der Waals surface area contributed by atoms with E-state index in [4.69, 9.17) is 19.2 Å². The molecule has 0 amide bonds. The predicted octanol–water partition coefficient (Wildman–Crippen LogP) is 3.05. The van der Waals surface area contributed by atoms with Gasteiger partial charge in [0.15, 0.2) is 5.96 Å². The molecule has 1 aromatic rings. The number of nitrogens with zero attached hydrogens (tertiary/aromatic N) is 2. The third-order valence-corrected chi connectivity index (χ3v) is 5.94. The number of piperidine rings is 1. The summed E-state index contributed by atoms with van der Waals surface area (Å²) in [5, 5.41) is 7.03. The average Bonchev–Trinajstić information content (AvgIpc) is 2.82. The highest BCUT2D eigenvalue weighted by atomic mass is 16.5. The van der Waals surface area contributed by atoms with Crippen LogP contribution in [0.25, 0.3) is 0 Å². The van der Waals surface area contributed by atoms with Crippen molar-refractivity contribution < 1.29 is 14.2 Å². The fourth-order valence-corrected chi connectivity index (χ4v) is 4.17. The van der Waals surface area contributed by atoms with Crippen LogP contribution in [0.5, 0.6) is 5.75 Å². The van der Waals surface area contributed by atoms with Gasteiger partial charge in [-0.15, -0.1) is 0 Å². The highest BCUT2D eigenvalue weighted by Gasteiger charge is 2.21. The highest BCUT2D eigenvalue weighted by Crippen LogP contribution is 2.24. The molecule has 1 atom stereocenters. The van der Waals surface area contributed by atoms with E-state index in [0.29, 0.717) is 12.0 Å². The topological polar surface area (TPSA) is 67.4 Å². The molecule has 2 N–H and O–H groups in total. The van der Waals surface area contributed by atoms with Crippen molar-refractivity contribution in [1.29, 1.82) is 0 Å². The summed E-state index contributed by atoms with van der Waals surface area (Å²) in [7, 11) is 1.72. The van der Waals surface area contributed by atoms with Crippen molar-refractivity contribution in [3.05, 3.63) is 24.3 Å². The van der Waals surface area contributed by atoms with Crippen molar-refractivity contribution in [2.75, 3.05) is 64.6 Å². The number of guanidine groups is 1. The zero-order valence-corrected chi connectivity index (χ0v) is 19.3. The summed E-state index contributed by atoms with van der Waals surface area (Å²) in [4.78, 5) is 7.20. The molecular formula is C24H40N4O3. The van der Waals surface area contributed by atoms with E-state index in [-0.39, 0.29) is 0 Å². The van der Waals surface area contributed by atoms with E-state index in [1.165, 1.54) is 5.69 Å². The smallest absolute Gasteiger partial charge is 0.191 e. The van der Waals surface area contributed by atoms with E-state index in [9.17, 15) is 0 Å². The minimum absolute atomic E-state index is 0.377. The first-order valence-electron chi connectivity index (χ1n) is 11.9. The maximum atomic E-state index is 5.86. The van der Waals surface area contributed by atoms with Crippen molar-refractivity contribution in [3.8, 4) is 5.75 Å². The molecule has 174 valence electrons. The average molecular weight is 433 g/mol. The van der Waals surface area contributed by atoms with Crippen LogP contribution in [0.15, 0.2) is 29.3 Å². The zero-order valence-electron chi connectivity index (χ0n) is 19.3. The Morgan fingerprint density at radius 2 is 2.13 bits per heavy atom. The first-order chi connectivity index (χ1) is 15.3. The third-order valence-electron chi connectivity index (χ3n) is 5.94. The van der Waals surface area contributed by atoms with Crippen LogP contribution >= 0.6 is 0 Å². The van der Waals surface area contributed by atoms with Gasteiger partial charge in [-0.05, 0) is 57.1 Å². The van der Waals surface area contributed by atoms with E-state index in [1.54, 1.807) is 7.11 Å². The molecule has 1 aromatic carbocycles. The number of methoxy groups -OCH3 is 1. The molecule has 31 heavy (non-hydrogen) atoms. The van der Waals surface area contributed by atoms with Gasteiger partial charge in [-0.3, -0.25) is 4.99 Å². The fraction of sp³-hybridized carbons (Fsp3) is 0.708. The number of benzene rings is 1. The van der Waals surface area contributed by atoms with Gasteiger partial charge in [0.1, 0.15) is 5.75 Å². The normalized spacial score (nSPS) is 20.5. The molecule has 2 fully saturated rings. The molecule has 0 spiro atoms. The number of aliphatic imine (C=N–C) groups is 1. The third kappa shape index (κ3) is 8.22. The monoisotopic (exact) mass is 432 g/mol. The summed E-state index contributed by atoms with van der Waals surface area (Å²) >= 11 is 0. The Morgan fingerprint density at radius 1 is 1.26 bits per heavy atom. The minimum atomic E-state index is 0.377. The van der Waals surface area contributed by atoms with Crippen molar-refractivity contribution in [2.24, 2.45) is 10.9 Å². The second-order valence-corrected chi connectivity index (χ2v) is 8.38. The molecule has 0 aliphatic carbocycles. The zero-order chi connectivity index (χ0) is 21.7. The Bertz CT molecular complexity index is 664. The summed E-state index contributed by atoms with van der Waals surface area (Å²) in [6.45, 7) is 9.17. The molecule has 7 nitrogen and oxygen atoms in total. The van der Waals surface area contributed by atoms with Crippen molar-refractivity contribution in [1.82, 2.24) is 10.6 Å². The fourth-order valence-electron chi connectivity index (χ4n) is 4.17. The summed E-state index contributed by atoms with van der Waals surface area (Å²) in [5.74, 6) is 2.47. The molecule has 2 aliphatic rings. The van der Waals surface area contributed by atoms with E-state index >= 15 is 0 Å². The van der Waals surface area contributed by atoms with Crippen molar-refractivity contribution in [3.63, 3.8) is 0 Å². The van der Waals surface area contributed by atoms with E-state index in [1.807, 2.05) is 6.07 Å². The van der Waals surface area contributed by atoms with E-state index in [0.717, 1.165) is 96.4 Å². The molecule has 0 aromatic heterocycles. The number of hydrogen-bond donors (Lipinski definition) is 2. The van der Waals surface area contributed by atoms with Gasteiger partial charge in [0, 0.05) is 70.4 Å². The Labute approximate surface area is 187 Å². The first kappa shape index (κ1) is 23.7. The van der Waals surface area contributed by atoms with Gasteiger partial charge < -0.3 is 29.7 Å². The van der Waals surface area contributed by atoms with Gasteiger partial charge in [0.25, 0.3) is 0 Å². The molecule has 3 rings (SSSR count). The lowest BCUT2D eigenvalue weighted by atomic mass is 10.0. The lowest BCUT2D eigenvalue weighted by molar-refractivity contribution is 0.0205. The molecule has 2 heterocycles. The maximum absolute atomic E-state index is 5.86. The van der Waals surface area contributed by atoms with Crippen LogP contribution in [0.2, 0.25) is 0 Å². The quantitative estimate of drug-likeness (QED) is 0.337. The Kier molecular flexibility index (Phi) is 10.3. The van der Waals surface area contributed by atoms with Gasteiger partial charge in [0.05, 0.1) is 7.11 Å². The van der Waals surface area contributed by atoms with Gasteiger partial charge >= 0.3 is 0 Å². The number of rotatable bonds is 10. The Balaban J connectivity index is 1.41. The number of ether oxygens (including phenoxy) is 3. The number of anilines is 1. The highest BCUT2D eigenvalue weighted by molar-refractivity contribution is 5.80. The van der Waals surface area contributed by atoms with Crippen molar-refractivity contribution in [2.45, 2.75) is 45.1 Å². The van der Waals surface area contributed by atoms with Crippen LogP contribution in [0.1, 0.15) is 39.0 Å². The first-order valence-corrected chi connectivity index (χ1v) is 11.9. The summed E-state index contributed by atoms with van der Waals surface area (Å²) in [6, 6.07) is 8.70. The molecule has 0 bridgehead atoms. The number of hydrogen-bond acceptors (Lipinski definition) is 5. The van der Waals surface area contributed by atoms with Gasteiger partial charge in [-0.2, -0.15) is 0 Å². The molecule has 0 saturated carbocycles. The van der Waals surface area contributed by atoms with Crippen LogP contribution in [-0.4, -0.2) is 71.7 Å². The Morgan fingerprint density at radius 3 is 2.94 bits per heavy atom. The van der Waals surface area contributed by atoms with Crippen LogP contribution in [-0.2, 0) is 9.47 Å². The molecule has 7 heteroatoms. The lowest BCUT2D eigenvalue weighted by Crippen LogP contribution is -2.51. The number of nitrogens with one attached hydrogen (secondary N) is 2. The standard InChI is InChI=1S/C24H40N4O3/c1-3-25-24(26-12-6-14-31-19-20-10-15-30-16-11-20)27-21-7-5-13-28(18-21)22-8-4-9-23(17-22)29-2/h4,8-9,17,20-21H,3,5-7,10-16,18-19H2,1-2H3,(H2,25,26,27). The van der Waals surface area contributed by atoms with Crippen LogP contribution < -0.4 is 20.3 Å². The summed E-state index contributed by atoms with van der Waals surface area (Å²) in [5.41, 5.74) is 1.22. The van der Waals surface area contributed by atoms with E-state index < -0.39 is 0 Å². The molecular weight excluding hydrogens is 392 g/mol. The second kappa shape index (κ2) is 13.4. The van der Waals surface area contributed by atoms with Crippen LogP contribution in [0.4, 0.5) is 5.69 Å². The van der Waals surface area contributed by atoms with Gasteiger partial charge in [-0.25, -0.2) is 0 Å². The van der Waals surface area contributed by atoms with Crippen molar-refractivity contribution >= 4 is 11.6 Å². The lowest BCUT2D eigenvalue weighted by Gasteiger charge is -2.35. The second-order valence-electron chi connectivity index (χ2n) is 8.38. The van der Waals surface area contributed by atoms with Gasteiger partial charge in [0.2, 0.25) is 0 Å². The largest absolute Gasteiger partial charge is 0.497 e. The molecule has 1 unspecified atom stereocenters. The summed E-state index contributed by atoms with van der Waals surface area (Å²) in [6.07, 6.45) is 5.51. The Hall–Kier alpha value is -1.99.